The number of Topliss-reactive ketones (excluding diaryl/α,β-unsaturated/α-hetero) is 1. The van der Waals surface area contributed by atoms with E-state index in [0.717, 1.165) is 23.2 Å². The van der Waals surface area contributed by atoms with Crippen LogP contribution in [0.1, 0.15) is 62.5 Å². The van der Waals surface area contributed by atoms with Crippen molar-refractivity contribution in [2.24, 2.45) is 11.8 Å². The Morgan fingerprint density at radius 3 is 2.24 bits per heavy atom. The van der Waals surface area contributed by atoms with Crippen molar-refractivity contribution < 1.29 is 22.7 Å². The third-order valence-corrected chi connectivity index (χ3v) is 10.0. The lowest BCUT2D eigenvalue weighted by atomic mass is 9.81. The number of carbonyl (C=O) groups is 2. The molecule has 1 amide bonds. The summed E-state index contributed by atoms with van der Waals surface area (Å²) in [4.78, 5) is 29.9. The van der Waals surface area contributed by atoms with Crippen LogP contribution in [-0.2, 0) is 19.6 Å². The number of amides is 1. The average Bonchev–Trinajstić information content (AvgIpc) is 3.35. The molecular weight excluding hydrogens is 490 g/mol. The van der Waals surface area contributed by atoms with Gasteiger partial charge in [-0.3, -0.25) is 9.59 Å². The van der Waals surface area contributed by atoms with Crippen molar-refractivity contribution >= 4 is 21.7 Å². The summed E-state index contributed by atoms with van der Waals surface area (Å²) >= 11 is 0. The van der Waals surface area contributed by atoms with E-state index in [-0.39, 0.29) is 36.0 Å². The molecule has 1 saturated carbocycles. The van der Waals surface area contributed by atoms with E-state index in [0.29, 0.717) is 22.8 Å². The number of carbonyl (C=O) groups excluding carboxylic acids is 2. The minimum absolute atomic E-state index is 0.0336. The summed E-state index contributed by atoms with van der Waals surface area (Å²) in [5.74, 6) is 1.50. The fraction of sp³-hybridized carbons (Fsp3) is 0.714. The summed E-state index contributed by atoms with van der Waals surface area (Å²) in [6, 6.07) is 3.34. The fourth-order valence-electron chi connectivity index (χ4n) is 5.99. The van der Waals surface area contributed by atoms with Gasteiger partial charge in [-0.05, 0) is 94.1 Å². The maximum Gasteiger partial charge on any atom is 0.243 e. The normalized spacial score (nSPS) is 20.8. The second kappa shape index (κ2) is 13.2. The van der Waals surface area contributed by atoms with Crippen LogP contribution < -0.4 is 4.74 Å². The molecule has 2 unspecified atom stereocenters. The maximum atomic E-state index is 13.2. The van der Waals surface area contributed by atoms with Gasteiger partial charge in [0, 0.05) is 40.0 Å². The molecule has 9 heteroatoms. The molecule has 1 saturated heterocycles. The van der Waals surface area contributed by atoms with Gasteiger partial charge in [0.15, 0.2) is 0 Å². The van der Waals surface area contributed by atoms with E-state index in [9.17, 15) is 18.0 Å². The summed E-state index contributed by atoms with van der Waals surface area (Å²) in [6.07, 6.45) is 7.59. The van der Waals surface area contributed by atoms with E-state index in [1.807, 2.05) is 7.05 Å². The molecule has 0 N–H and O–H groups in total. The minimum atomic E-state index is -3.85. The lowest BCUT2D eigenvalue weighted by molar-refractivity contribution is -0.132. The van der Waals surface area contributed by atoms with Crippen molar-refractivity contribution in [2.75, 3.05) is 53.9 Å². The molecule has 2 fully saturated rings. The van der Waals surface area contributed by atoms with Crippen LogP contribution in [-0.4, -0.2) is 88.1 Å². The van der Waals surface area contributed by atoms with Gasteiger partial charge in [0.05, 0.1) is 18.6 Å². The largest absolute Gasteiger partial charge is 0.497 e. The zero-order valence-corrected chi connectivity index (χ0v) is 24.1. The van der Waals surface area contributed by atoms with Crippen LogP contribution in [0.3, 0.4) is 0 Å². The van der Waals surface area contributed by atoms with Crippen molar-refractivity contribution in [2.45, 2.75) is 70.1 Å². The number of ketones is 1. The smallest absolute Gasteiger partial charge is 0.243 e. The fourth-order valence-corrected chi connectivity index (χ4v) is 7.55. The molecule has 208 valence electrons. The first-order chi connectivity index (χ1) is 17.5. The minimum Gasteiger partial charge on any atom is -0.497 e. The standard InChI is InChI=1S/C28H45N3O5S/c1-21-15-26(36-5)16-22(2)28(21)37(34,35)30(4)20-25(32)11-12-27(33)29(3)18-23-9-8-10-24(17-23)19-31-13-6-7-14-31/h15-16,23-24H,6-14,17-20H2,1-5H3. The van der Waals surface area contributed by atoms with E-state index in [1.54, 1.807) is 30.9 Å². The molecule has 37 heavy (non-hydrogen) atoms. The molecule has 0 bridgehead atoms. The Bertz CT molecular complexity index is 1030. The van der Waals surface area contributed by atoms with E-state index in [4.69, 9.17) is 4.74 Å². The van der Waals surface area contributed by atoms with E-state index < -0.39 is 10.0 Å². The van der Waals surface area contributed by atoms with Gasteiger partial charge in [-0.2, -0.15) is 4.31 Å². The molecule has 8 nitrogen and oxygen atoms in total. The number of ether oxygens (including phenoxy) is 1. The molecule has 0 spiro atoms. The van der Waals surface area contributed by atoms with Crippen LogP contribution in [0.15, 0.2) is 17.0 Å². The number of benzene rings is 1. The van der Waals surface area contributed by atoms with Gasteiger partial charge >= 0.3 is 0 Å². The molecule has 0 radical (unpaired) electrons. The molecule has 1 aromatic carbocycles. The van der Waals surface area contributed by atoms with Crippen LogP contribution in [0.25, 0.3) is 0 Å². The Labute approximate surface area is 223 Å². The van der Waals surface area contributed by atoms with Crippen LogP contribution >= 0.6 is 0 Å². The first-order valence-electron chi connectivity index (χ1n) is 13.6. The second-order valence-electron chi connectivity index (χ2n) is 11.1. The lowest BCUT2D eigenvalue weighted by Crippen LogP contribution is -2.37. The number of likely N-dealkylation sites (tertiary alicyclic amines) is 1. The van der Waals surface area contributed by atoms with Gasteiger partial charge in [0.1, 0.15) is 11.5 Å². The predicted molar refractivity (Wildman–Crippen MR) is 145 cm³/mol. The van der Waals surface area contributed by atoms with Gasteiger partial charge in [-0.15, -0.1) is 0 Å². The summed E-state index contributed by atoms with van der Waals surface area (Å²) in [5, 5.41) is 0. The highest BCUT2D eigenvalue weighted by molar-refractivity contribution is 7.89. The summed E-state index contributed by atoms with van der Waals surface area (Å²) in [5.41, 5.74) is 1.14. The quantitative estimate of drug-likeness (QED) is 0.406. The Kier molecular flexibility index (Phi) is 10.6. The molecular formula is C28H45N3O5S. The van der Waals surface area contributed by atoms with Crippen LogP contribution in [0, 0.1) is 25.7 Å². The maximum absolute atomic E-state index is 13.2. The number of sulfonamides is 1. The van der Waals surface area contributed by atoms with E-state index >= 15 is 0 Å². The van der Waals surface area contributed by atoms with Crippen molar-refractivity contribution in [3.63, 3.8) is 0 Å². The third-order valence-electron chi connectivity index (χ3n) is 7.92. The number of methoxy groups -OCH3 is 1. The Morgan fingerprint density at radius 2 is 1.62 bits per heavy atom. The second-order valence-corrected chi connectivity index (χ2v) is 13.1. The van der Waals surface area contributed by atoms with Crippen molar-refractivity contribution in [3.05, 3.63) is 23.3 Å². The van der Waals surface area contributed by atoms with Gasteiger partial charge in [0.2, 0.25) is 15.9 Å². The van der Waals surface area contributed by atoms with Crippen LogP contribution in [0.5, 0.6) is 5.75 Å². The average molecular weight is 536 g/mol. The lowest BCUT2D eigenvalue weighted by Gasteiger charge is -2.34. The number of hydrogen-bond acceptors (Lipinski definition) is 6. The number of rotatable bonds is 12. The van der Waals surface area contributed by atoms with Crippen LogP contribution in [0.2, 0.25) is 0 Å². The monoisotopic (exact) mass is 535 g/mol. The highest BCUT2D eigenvalue weighted by Gasteiger charge is 2.29. The third kappa shape index (κ3) is 8.01. The predicted octanol–water partition coefficient (Wildman–Crippen LogP) is 3.64. The molecule has 0 aromatic heterocycles. The molecule has 1 aromatic rings. The van der Waals surface area contributed by atoms with Gasteiger partial charge in [-0.25, -0.2) is 8.42 Å². The number of aryl methyl sites for hydroxylation is 2. The van der Waals surface area contributed by atoms with Crippen molar-refractivity contribution in [1.29, 1.82) is 0 Å². The number of likely N-dealkylation sites (N-methyl/N-ethyl adjacent to an activating group) is 1. The zero-order chi connectivity index (χ0) is 27.2. The Morgan fingerprint density at radius 1 is 1.00 bits per heavy atom. The molecule has 2 atom stereocenters. The summed E-state index contributed by atoms with van der Waals surface area (Å²) < 4.78 is 32.6. The van der Waals surface area contributed by atoms with Crippen LogP contribution in [0.4, 0.5) is 0 Å². The van der Waals surface area contributed by atoms with Gasteiger partial charge in [0.25, 0.3) is 0 Å². The summed E-state index contributed by atoms with van der Waals surface area (Å²) in [7, 11) is 0.915. The molecule has 1 heterocycles. The highest BCUT2D eigenvalue weighted by atomic mass is 32.2. The Balaban J connectivity index is 1.46. The van der Waals surface area contributed by atoms with E-state index in [1.165, 1.54) is 65.9 Å². The first-order valence-corrected chi connectivity index (χ1v) is 15.0. The molecule has 2 aliphatic rings. The highest BCUT2D eigenvalue weighted by Crippen LogP contribution is 2.31. The van der Waals surface area contributed by atoms with Gasteiger partial charge in [-0.1, -0.05) is 6.42 Å². The topological polar surface area (TPSA) is 87.2 Å². The van der Waals surface area contributed by atoms with E-state index in [2.05, 4.69) is 4.90 Å². The Hall–Kier alpha value is -1.97. The SMILES string of the molecule is COc1cc(C)c(S(=O)(=O)N(C)CC(=O)CCC(=O)N(C)CC2CCCC(CN3CCCC3)C2)c(C)c1. The first kappa shape index (κ1) is 29.6. The van der Waals surface area contributed by atoms with Crippen molar-refractivity contribution in [1.82, 2.24) is 14.1 Å². The molecule has 1 aliphatic carbocycles. The zero-order valence-electron chi connectivity index (χ0n) is 23.3. The number of hydrogen-bond donors (Lipinski definition) is 0. The van der Waals surface area contributed by atoms with Gasteiger partial charge < -0.3 is 14.5 Å². The molecule has 3 rings (SSSR count). The molecule has 1 aliphatic heterocycles. The number of nitrogens with zero attached hydrogens (tertiary/aromatic N) is 3. The summed E-state index contributed by atoms with van der Waals surface area (Å²) in [6.45, 7) is 7.54. The van der Waals surface area contributed by atoms with Crippen molar-refractivity contribution in [3.8, 4) is 5.75 Å².